The smallest absolute Gasteiger partial charge is 0.409 e. The number of carbonyl (C=O) groups is 1. The van der Waals surface area contributed by atoms with Crippen molar-refractivity contribution < 1.29 is 14.3 Å². The number of likely N-dealkylation sites (tertiary alicyclic amines) is 1. The molecule has 240 valence electrons. The largest absolute Gasteiger partial charge is 0.453 e. The van der Waals surface area contributed by atoms with E-state index in [1.54, 1.807) is 6.33 Å². The zero-order valence-corrected chi connectivity index (χ0v) is 27.0. The summed E-state index contributed by atoms with van der Waals surface area (Å²) in [6.45, 7) is 11.0. The number of morpholine rings is 1. The SMILES string of the molecule is COC(=O)N1CCC(n2cc(-c3ccc4[nH]c5ncnc(NC6CCC(N7CCOCC7)CC6)c5c4c3)cn2)CC1C(C)(C)C. The van der Waals surface area contributed by atoms with Crippen LogP contribution in [0.3, 0.4) is 0 Å². The normalized spacial score (nSPS) is 25.1. The fourth-order valence-electron chi connectivity index (χ4n) is 7.76. The zero-order chi connectivity index (χ0) is 31.1. The summed E-state index contributed by atoms with van der Waals surface area (Å²) in [5.74, 6) is 0.902. The molecule has 2 atom stereocenters. The zero-order valence-electron chi connectivity index (χ0n) is 27.0. The van der Waals surface area contributed by atoms with Gasteiger partial charge in [-0.2, -0.15) is 5.10 Å². The molecule has 0 spiro atoms. The molecule has 45 heavy (non-hydrogen) atoms. The second-order valence-corrected chi connectivity index (χ2v) is 14.1. The van der Waals surface area contributed by atoms with Gasteiger partial charge in [-0.15, -0.1) is 0 Å². The van der Waals surface area contributed by atoms with Gasteiger partial charge in [-0.1, -0.05) is 26.8 Å². The first kappa shape index (κ1) is 30.0. The van der Waals surface area contributed by atoms with E-state index in [2.05, 4.69) is 70.0 Å². The van der Waals surface area contributed by atoms with Crippen LogP contribution in [0.25, 0.3) is 33.1 Å². The molecule has 7 rings (SSSR count). The van der Waals surface area contributed by atoms with Crippen LogP contribution >= 0.6 is 0 Å². The molecule has 1 aliphatic carbocycles. The summed E-state index contributed by atoms with van der Waals surface area (Å²) in [5, 5.41) is 10.8. The van der Waals surface area contributed by atoms with Gasteiger partial charge >= 0.3 is 6.09 Å². The van der Waals surface area contributed by atoms with Crippen LogP contribution < -0.4 is 5.32 Å². The first-order chi connectivity index (χ1) is 21.8. The molecular formula is C34H46N8O3. The minimum absolute atomic E-state index is 0.0688. The number of H-pyrrole nitrogens is 1. The van der Waals surface area contributed by atoms with Gasteiger partial charge in [0.1, 0.15) is 17.8 Å². The molecule has 1 aromatic carbocycles. The molecule has 1 amide bonds. The van der Waals surface area contributed by atoms with Gasteiger partial charge in [0.25, 0.3) is 0 Å². The molecule has 11 heteroatoms. The molecule has 2 unspecified atom stereocenters. The number of amides is 1. The predicted molar refractivity (Wildman–Crippen MR) is 175 cm³/mol. The van der Waals surface area contributed by atoms with E-state index in [-0.39, 0.29) is 23.6 Å². The molecule has 0 radical (unpaired) electrons. The highest BCUT2D eigenvalue weighted by molar-refractivity contribution is 6.12. The summed E-state index contributed by atoms with van der Waals surface area (Å²) >= 11 is 0. The number of nitrogens with one attached hydrogen (secondary N) is 2. The van der Waals surface area contributed by atoms with Gasteiger partial charge in [0.05, 0.1) is 37.9 Å². The third-order valence-corrected chi connectivity index (χ3v) is 10.3. The maximum absolute atomic E-state index is 12.5. The first-order valence-corrected chi connectivity index (χ1v) is 16.5. The lowest BCUT2D eigenvalue weighted by Gasteiger charge is -2.45. The van der Waals surface area contributed by atoms with Crippen LogP contribution in [-0.4, -0.2) is 98.7 Å². The molecule has 11 nitrogen and oxygen atoms in total. The second-order valence-electron chi connectivity index (χ2n) is 14.1. The Labute approximate surface area is 264 Å². The standard InChI is InChI=1S/C34H46N8O3/c1-34(2,3)29-18-26(11-12-41(29)33(43)44-4)42-20-23(19-37-42)22-5-10-28-27(17-22)30-31(35-21-36-32(30)39-28)38-24-6-8-25(9-7-24)40-13-15-45-16-14-40/h5,10,17,19-21,24-26,29H,6-9,11-16,18H2,1-4H3,(H2,35,36,38,39). The van der Waals surface area contributed by atoms with Crippen molar-refractivity contribution in [3.8, 4) is 11.1 Å². The van der Waals surface area contributed by atoms with Crippen LogP contribution in [0.4, 0.5) is 10.6 Å². The van der Waals surface area contributed by atoms with Crippen LogP contribution in [0.2, 0.25) is 0 Å². The van der Waals surface area contributed by atoms with E-state index in [1.807, 2.05) is 11.1 Å². The van der Waals surface area contributed by atoms with Crippen molar-refractivity contribution in [2.75, 3.05) is 45.3 Å². The molecule has 3 aliphatic rings. The van der Waals surface area contributed by atoms with Crippen LogP contribution in [0.1, 0.15) is 65.3 Å². The van der Waals surface area contributed by atoms with E-state index >= 15 is 0 Å². The maximum atomic E-state index is 12.5. The number of fused-ring (bicyclic) bond motifs is 3. The summed E-state index contributed by atoms with van der Waals surface area (Å²) in [6.07, 6.45) is 11.9. The van der Waals surface area contributed by atoms with E-state index in [1.165, 1.54) is 20.0 Å². The van der Waals surface area contributed by atoms with Crippen LogP contribution in [0.15, 0.2) is 36.9 Å². The first-order valence-electron chi connectivity index (χ1n) is 16.5. The molecule has 2 saturated heterocycles. The van der Waals surface area contributed by atoms with Gasteiger partial charge in [-0.3, -0.25) is 9.58 Å². The van der Waals surface area contributed by atoms with Crippen molar-refractivity contribution in [1.29, 1.82) is 0 Å². The molecular weight excluding hydrogens is 568 g/mol. The van der Waals surface area contributed by atoms with Gasteiger partial charge in [-0.25, -0.2) is 14.8 Å². The van der Waals surface area contributed by atoms with Crippen LogP contribution in [-0.2, 0) is 9.47 Å². The summed E-state index contributed by atoms with van der Waals surface area (Å²) in [7, 11) is 1.46. The number of rotatable bonds is 5. The van der Waals surface area contributed by atoms with Crippen molar-refractivity contribution in [3.63, 3.8) is 0 Å². The Balaban J connectivity index is 1.10. The number of benzene rings is 1. The highest BCUT2D eigenvalue weighted by atomic mass is 16.5. The Morgan fingerprint density at radius 2 is 1.82 bits per heavy atom. The van der Waals surface area contributed by atoms with Crippen molar-refractivity contribution in [2.24, 2.45) is 5.41 Å². The number of aromatic nitrogens is 5. The Morgan fingerprint density at radius 1 is 1.02 bits per heavy atom. The topological polar surface area (TPSA) is 113 Å². The number of hydrogen-bond acceptors (Lipinski definition) is 8. The van der Waals surface area contributed by atoms with Gasteiger partial charge in [-0.05, 0) is 61.6 Å². The van der Waals surface area contributed by atoms with E-state index in [0.29, 0.717) is 18.6 Å². The van der Waals surface area contributed by atoms with Crippen molar-refractivity contribution in [3.05, 3.63) is 36.9 Å². The number of aromatic amines is 1. The number of methoxy groups -OCH3 is 1. The molecule has 3 aromatic heterocycles. The minimum atomic E-state index is -0.250. The average Bonchev–Trinajstić information content (AvgIpc) is 3.70. The Kier molecular flexibility index (Phi) is 8.16. The van der Waals surface area contributed by atoms with Crippen LogP contribution in [0, 0.1) is 5.41 Å². The molecule has 2 aliphatic heterocycles. The van der Waals surface area contributed by atoms with Crippen molar-refractivity contribution >= 4 is 33.8 Å². The van der Waals surface area contributed by atoms with Crippen molar-refractivity contribution in [2.45, 2.75) is 83.5 Å². The summed E-state index contributed by atoms with van der Waals surface area (Å²) in [5.41, 5.74) is 4.00. The second kappa shape index (κ2) is 12.2. The van der Waals surface area contributed by atoms with E-state index in [4.69, 9.17) is 19.6 Å². The number of ether oxygens (including phenoxy) is 2. The Bertz CT molecular complexity index is 1640. The van der Waals surface area contributed by atoms with Crippen molar-refractivity contribution in [1.82, 2.24) is 34.5 Å². The van der Waals surface area contributed by atoms with E-state index in [0.717, 1.165) is 90.9 Å². The van der Waals surface area contributed by atoms with Gasteiger partial charge < -0.3 is 24.7 Å². The van der Waals surface area contributed by atoms with Gasteiger partial charge in [0, 0.05) is 60.4 Å². The maximum Gasteiger partial charge on any atom is 0.409 e. The number of nitrogens with zero attached hydrogens (tertiary/aromatic N) is 6. The third kappa shape index (κ3) is 6.00. The molecule has 2 N–H and O–H groups in total. The summed E-state index contributed by atoms with van der Waals surface area (Å²) in [6, 6.07) is 7.85. The fraction of sp³-hybridized carbons (Fsp3) is 0.588. The van der Waals surface area contributed by atoms with Crippen LogP contribution in [0.5, 0.6) is 0 Å². The highest BCUT2D eigenvalue weighted by Gasteiger charge is 2.40. The minimum Gasteiger partial charge on any atom is -0.453 e. The Morgan fingerprint density at radius 3 is 2.58 bits per heavy atom. The van der Waals surface area contributed by atoms with E-state index in [9.17, 15) is 4.79 Å². The molecule has 1 saturated carbocycles. The number of piperidine rings is 1. The average molecular weight is 615 g/mol. The summed E-state index contributed by atoms with van der Waals surface area (Å²) < 4.78 is 12.7. The lowest BCUT2D eigenvalue weighted by atomic mass is 9.79. The number of carbonyl (C=O) groups excluding carboxylic acids is 1. The lowest BCUT2D eigenvalue weighted by molar-refractivity contribution is 0.00791. The molecule has 0 bridgehead atoms. The predicted octanol–water partition coefficient (Wildman–Crippen LogP) is 5.85. The molecule has 5 heterocycles. The Hall–Kier alpha value is -3.70. The number of hydrogen-bond donors (Lipinski definition) is 2. The fourth-order valence-corrected chi connectivity index (χ4v) is 7.76. The van der Waals surface area contributed by atoms with Gasteiger partial charge in [0.2, 0.25) is 0 Å². The molecule has 4 aromatic rings. The number of anilines is 1. The van der Waals surface area contributed by atoms with Gasteiger partial charge in [0.15, 0.2) is 0 Å². The summed E-state index contributed by atoms with van der Waals surface area (Å²) in [4.78, 5) is 29.8. The highest BCUT2D eigenvalue weighted by Crippen LogP contribution is 2.38. The third-order valence-electron chi connectivity index (χ3n) is 10.3. The molecule has 3 fully saturated rings. The van der Waals surface area contributed by atoms with E-state index < -0.39 is 0 Å². The monoisotopic (exact) mass is 614 g/mol. The quantitative estimate of drug-likeness (QED) is 0.288. The lowest BCUT2D eigenvalue weighted by Crippen LogP contribution is -2.52.